The number of hydrogen-bond acceptors (Lipinski definition) is 5. The van der Waals surface area contributed by atoms with Gasteiger partial charge in [-0.3, -0.25) is 0 Å². The van der Waals surface area contributed by atoms with Crippen LogP contribution < -0.4 is 16.2 Å². The van der Waals surface area contributed by atoms with Gasteiger partial charge >= 0.3 is 0 Å². The fraction of sp³-hybridized carbons (Fsp3) is 0.714. The molecule has 0 saturated carbocycles. The number of rotatable bonds is 4. The van der Waals surface area contributed by atoms with Crippen molar-refractivity contribution >= 4 is 11.6 Å². The minimum atomic E-state index is 0.518. The number of hydrogen-bond donors (Lipinski definition) is 2. The Morgan fingerprint density at radius 1 is 1.42 bits per heavy atom. The minimum Gasteiger partial charge on any atom is -0.353 e. The lowest BCUT2D eigenvalue weighted by Crippen LogP contribution is -2.43. The van der Waals surface area contributed by atoms with Gasteiger partial charge in [0.15, 0.2) is 0 Å². The third-order valence-electron chi connectivity index (χ3n) is 4.21. The summed E-state index contributed by atoms with van der Waals surface area (Å²) in [7, 11) is 0. The maximum absolute atomic E-state index is 5.58. The fourth-order valence-corrected chi connectivity index (χ4v) is 2.89. The topological polar surface area (TPSA) is 67.1 Å². The van der Waals surface area contributed by atoms with Crippen molar-refractivity contribution in [2.75, 3.05) is 16.9 Å². The summed E-state index contributed by atoms with van der Waals surface area (Å²) in [6, 6.07) is 0.518. The van der Waals surface area contributed by atoms with E-state index >= 15 is 0 Å². The number of nitrogens with two attached hydrogens (primary N) is 1. The summed E-state index contributed by atoms with van der Waals surface area (Å²) < 4.78 is 0. The normalized spacial score (nSPS) is 23.5. The standard InChI is InChI=1S/C14H25N5/c1-4-6-12-13(18-15)16-9-17-14(12)19-8-5-7-10(2)11(19)3/h9-11H,4-8,15H2,1-3H3,(H,16,17,18). The van der Waals surface area contributed by atoms with Gasteiger partial charge in [0, 0.05) is 18.2 Å². The van der Waals surface area contributed by atoms with E-state index in [0.717, 1.165) is 36.6 Å². The van der Waals surface area contributed by atoms with Crippen molar-refractivity contribution in [1.29, 1.82) is 0 Å². The highest BCUT2D eigenvalue weighted by atomic mass is 15.3. The van der Waals surface area contributed by atoms with Gasteiger partial charge in [-0.15, -0.1) is 0 Å². The Bertz CT molecular complexity index is 420. The van der Waals surface area contributed by atoms with Crippen molar-refractivity contribution in [1.82, 2.24) is 9.97 Å². The predicted octanol–water partition coefficient (Wildman–Crippen LogP) is 2.34. The molecular weight excluding hydrogens is 238 g/mol. The quantitative estimate of drug-likeness (QED) is 0.644. The average Bonchev–Trinajstić information content (AvgIpc) is 2.43. The Kier molecular flexibility index (Phi) is 4.58. The third kappa shape index (κ3) is 2.81. The zero-order valence-corrected chi connectivity index (χ0v) is 12.2. The lowest BCUT2D eigenvalue weighted by atomic mass is 9.91. The molecule has 3 N–H and O–H groups in total. The van der Waals surface area contributed by atoms with Crippen molar-refractivity contribution in [2.24, 2.45) is 11.8 Å². The first-order valence-corrected chi connectivity index (χ1v) is 7.26. The molecule has 2 heterocycles. The summed E-state index contributed by atoms with van der Waals surface area (Å²) in [5.41, 5.74) is 3.85. The van der Waals surface area contributed by atoms with Crippen molar-refractivity contribution in [3.8, 4) is 0 Å². The van der Waals surface area contributed by atoms with Gasteiger partial charge in [-0.05, 0) is 32.1 Å². The molecular formula is C14H25N5. The Morgan fingerprint density at radius 2 is 2.21 bits per heavy atom. The van der Waals surface area contributed by atoms with E-state index in [1.54, 1.807) is 6.33 Å². The van der Waals surface area contributed by atoms with Gasteiger partial charge < -0.3 is 10.3 Å². The van der Waals surface area contributed by atoms with Gasteiger partial charge in [-0.1, -0.05) is 20.3 Å². The minimum absolute atomic E-state index is 0.518. The van der Waals surface area contributed by atoms with E-state index in [1.165, 1.54) is 12.8 Å². The third-order valence-corrected chi connectivity index (χ3v) is 4.21. The van der Waals surface area contributed by atoms with Gasteiger partial charge in [0.25, 0.3) is 0 Å². The molecule has 5 heteroatoms. The van der Waals surface area contributed by atoms with Crippen molar-refractivity contribution < 1.29 is 0 Å². The van der Waals surface area contributed by atoms with Crippen molar-refractivity contribution in [2.45, 2.75) is 52.5 Å². The zero-order valence-electron chi connectivity index (χ0n) is 12.2. The molecule has 1 aliphatic rings. The summed E-state index contributed by atoms with van der Waals surface area (Å²) in [6.45, 7) is 7.85. The molecule has 0 aliphatic carbocycles. The van der Waals surface area contributed by atoms with Crippen LogP contribution in [0, 0.1) is 5.92 Å². The summed E-state index contributed by atoms with van der Waals surface area (Å²) in [5.74, 6) is 8.10. The number of hydrazine groups is 1. The second-order valence-electron chi connectivity index (χ2n) is 5.47. The number of nitrogen functional groups attached to an aromatic ring is 1. The van der Waals surface area contributed by atoms with E-state index in [4.69, 9.17) is 5.84 Å². The molecule has 2 rings (SSSR count). The maximum Gasteiger partial charge on any atom is 0.148 e. The Morgan fingerprint density at radius 3 is 2.89 bits per heavy atom. The van der Waals surface area contributed by atoms with Gasteiger partial charge in [0.2, 0.25) is 0 Å². The van der Waals surface area contributed by atoms with Crippen LogP contribution in [0.4, 0.5) is 11.6 Å². The smallest absolute Gasteiger partial charge is 0.148 e. The number of aromatic nitrogens is 2. The van der Waals surface area contributed by atoms with Crippen LogP contribution in [0.3, 0.4) is 0 Å². The van der Waals surface area contributed by atoms with Crippen LogP contribution in [0.5, 0.6) is 0 Å². The highest BCUT2D eigenvalue weighted by Gasteiger charge is 2.28. The van der Waals surface area contributed by atoms with Crippen LogP contribution in [0.15, 0.2) is 6.33 Å². The maximum atomic E-state index is 5.58. The molecule has 0 radical (unpaired) electrons. The first-order valence-electron chi connectivity index (χ1n) is 7.26. The van der Waals surface area contributed by atoms with E-state index in [2.05, 4.69) is 41.1 Å². The van der Waals surface area contributed by atoms with Crippen LogP contribution in [0.25, 0.3) is 0 Å². The summed E-state index contributed by atoms with van der Waals surface area (Å²) in [4.78, 5) is 11.2. The van der Waals surface area contributed by atoms with Gasteiger partial charge in [0.1, 0.15) is 18.0 Å². The average molecular weight is 263 g/mol. The van der Waals surface area contributed by atoms with Crippen molar-refractivity contribution in [3.05, 3.63) is 11.9 Å². The molecule has 5 nitrogen and oxygen atoms in total. The number of piperidine rings is 1. The fourth-order valence-electron chi connectivity index (χ4n) is 2.89. The Labute approximate surface area is 115 Å². The molecule has 2 atom stereocenters. The van der Waals surface area contributed by atoms with Gasteiger partial charge in [-0.2, -0.15) is 0 Å². The molecule has 1 aliphatic heterocycles. The largest absolute Gasteiger partial charge is 0.353 e. The second-order valence-corrected chi connectivity index (χ2v) is 5.47. The van der Waals surface area contributed by atoms with Crippen molar-refractivity contribution in [3.63, 3.8) is 0 Å². The van der Waals surface area contributed by atoms with E-state index < -0.39 is 0 Å². The van der Waals surface area contributed by atoms with E-state index in [9.17, 15) is 0 Å². The monoisotopic (exact) mass is 263 g/mol. The molecule has 0 amide bonds. The lowest BCUT2D eigenvalue weighted by Gasteiger charge is -2.39. The molecule has 1 aromatic heterocycles. The van der Waals surface area contributed by atoms with E-state index in [-0.39, 0.29) is 0 Å². The van der Waals surface area contributed by atoms with E-state index in [0.29, 0.717) is 12.0 Å². The molecule has 2 unspecified atom stereocenters. The molecule has 1 fully saturated rings. The predicted molar refractivity (Wildman–Crippen MR) is 79.0 cm³/mol. The second kappa shape index (κ2) is 6.19. The number of nitrogens with zero attached hydrogens (tertiary/aromatic N) is 3. The molecule has 1 aromatic rings. The van der Waals surface area contributed by atoms with Crippen LogP contribution in [0.2, 0.25) is 0 Å². The zero-order chi connectivity index (χ0) is 13.8. The summed E-state index contributed by atoms with van der Waals surface area (Å²) in [5, 5.41) is 0. The molecule has 1 saturated heterocycles. The Balaban J connectivity index is 2.37. The molecule has 0 spiro atoms. The molecule has 0 aromatic carbocycles. The van der Waals surface area contributed by atoms with Crippen LogP contribution in [-0.2, 0) is 6.42 Å². The molecule has 106 valence electrons. The highest BCUT2D eigenvalue weighted by molar-refractivity contribution is 5.59. The SMILES string of the molecule is CCCc1c(NN)ncnc1N1CCCC(C)C1C. The van der Waals surface area contributed by atoms with Crippen LogP contribution in [0.1, 0.15) is 45.6 Å². The van der Waals surface area contributed by atoms with Gasteiger partial charge in [0.05, 0.1) is 0 Å². The Hall–Kier alpha value is -1.36. The van der Waals surface area contributed by atoms with Crippen LogP contribution in [-0.4, -0.2) is 22.6 Å². The number of anilines is 2. The van der Waals surface area contributed by atoms with E-state index in [1.807, 2.05) is 0 Å². The first-order chi connectivity index (χ1) is 9.19. The summed E-state index contributed by atoms with van der Waals surface area (Å²) in [6.07, 6.45) is 6.15. The summed E-state index contributed by atoms with van der Waals surface area (Å²) >= 11 is 0. The molecule has 19 heavy (non-hydrogen) atoms. The highest BCUT2D eigenvalue weighted by Crippen LogP contribution is 2.31. The molecule has 0 bridgehead atoms. The van der Waals surface area contributed by atoms with Gasteiger partial charge in [-0.25, -0.2) is 15.8 Å². The van der Waals surface area contributed by atoms with Crippen LogP contribution >= 0.6 is 0 Å². The number of nitrogens with one attached hydrogen (secondary N) is 1. The lowest BCUT2D eigenvalue weighted by molar-refractivity contribution is 0.361. The first kappa shape index (κ1) is 14.1.